The second-order valence-corrected chi connectivity index (χ2v) is 5.90. The van der Waals surface area contributed by atoms with Crippen LogP contribution in [0.2, 0.25) is 5.02 Å². The molecular formula is C18H19ClFNO2. The molecule has 23 heavy (non-hydrogen) atoms. The molecule has 0 aromatic heterocycles. The summed E-state index contributed by atoms with van der Waals surface area (Å²) in [6.07, 6.45) is 0. The fraction of sp³-hybridized carbons (Fsp3) is 0.278. The Morgan fingerprint density at radius 3 is 2.61 bits per heavy atom. The summed E-state index contributed by atoms with van der Waals surface area (Å²) < 4.78 is 18.3. The Kier molecular flexibility index (Phi) is 5.61. The number of carbonyl (C=O) groups is 1. The number of nitrogens with one attached hydrogen (secondary N) is 1. The summed E-state index contributed by atoms with van der Waals surface area (Å²) in [6, 6.07) is 9.72. The van der Waals surface area contributed by atoms with Crippen molar-refractivity contribution in [1.82, 2.24) is 5.32 Å². The Labute approximate surface area is 140 Å². The van der Waals surface area contributed by atoms with Crippen LogP contribution in [0.3, 0.4) is 0 Å². The predicted molar refractivity (Wildman–Crippen MR) is 89.4 cm³/mol. The molecule has 0 saturated heterocycles. The largest absolute Gasteiger partial charge is 0.482 e. The summed E-state index contributed by atoms with van der Waals surface area (Å²) in [5.74, 6) is -0.437. The molecular weight excluding hydrogens is 317 g/mol. The molecule has 1 amide bonds. The molecule has 2 aromatic carbocycles. The van der Waals surface area contributed by atoms with Gasteiger partial charge >= 0.3 is 0 Å². The van der Waals surface area contributed by atoms with Crippen molar-refractivity contribution in [3.63, 3.8) is 0 Å². The molecule has 0 saturated carbocycles. The van der Waals surface area contributed by atoms with Crippen molar-refractivity contribution < 1.29 is 13.9 Å². The molecule has 122 valence electrons. The van der Waals surface area contributed by atoms with Crippen LogP contribution >= 0.6 is 11.6 Å². The fourth-order valence-corrected chi connectivity index (χ4v) is 2.36. The minimum Gasteiger partial charge on any atom is -0.482 e. The number of hydrogen-bond acceptors (Lipinski definition) is 2. The normalized spacial score (nSPS) is 11.9. The first-order chi connectivity index (χ1) is 10.9. The molecule has 0 unspecified atom stereocenters. The lowest BCUT2D eigenvalue weighted by Crippen LogP contribution is -2.31. The van der Waals surface area contributed by atoms with Gasteiger partial charge in [-0.05, 0) is 55.7 Å². The number of rotatable bonds is 5. The average molecular weight is 336 g/mol. The Balaban J connectivity index is 1.92. The number of ether oxygens (including phenoxy) is 1. The van der Waals surface area contributed by atoms with Crippen molar-refractivity contribution >= 4 is 17.5 Å². The van der Waals surface area contributed by atoms with E-state index in [1.54, 1.807) is 0 Å². The highest BCUT2D eigenvalue weighted by molar-refractivity contribution is 6.32. The zero-order valence-electron chi connectivity index (χ0n) is 13.3. The SMILES string of the molecule is Cc1ccc([C@H](C)NC(=O)COc2ccc(F)cc2Cl)cc1C. The molecule has 0 spiro atoms. The zero-order chi connectivity index (χ0) is 17.0. The standard InChI is InChI=1S/C18H19ClFNO2/c1-11-4-5-14(8-12(11)2)13(3)21-18(22)10-23-17-7-6-15(20)9-16(17)19/h4-9,13H,10H2,1-3H3,(H,21,22)/t13-/m0/s1. The van der Waals surface area contributed by atoms with E-state index in [1.807, 2.05) is 32.9 Å². The quantitative estimate of drug-likeness (QED) is 0.882. The summed E-state index contributed by atoms with van der Waals surface area (Å²) in [6.45, 7) is 5.81. The molecule has 0 heterocycles. The van der Waals surface area contributed by atoms with Crippen LogP contribution in [0.4, 0.5) is 4.39 Å². The summed E-state index contributed by atoms with van der Waals surface area (Å²) in [7, 11) is 0. The van der Waals surface area contributed by atoms with E-state index in [0.29, 0.717) is 0 Å². The third kappa shape index (κ3) is 4.70. The number of hydrogen-bond donors (Lipinski definition) is 1. The first-order valence-electron chi connectivity index (χ1n) is 7.31. The Morgan fingerprint density at radius 1 is 1.22 bits per heavy atom. The van der Waals surface area contributed by atoms with Crippen molar-refractivity contribution in [2.75, 3.05) is 6.61 Å². The molecule has 0 aliphatic heterocycles. The molecule has 0 aliphatic rings. The topological polar surface area (TPSA) is 38.3 Å². The molecule has 0 fully saturated rings. The van der Waals surface area contributed by atoms with Gasteiger partial charge in [0.25, 0.3) is 5.91 Å². The van der Waals surface area contributed by atoms with Gasteiger partial charge in [-0.15, -0.1) is 0 Å². The molecule has 1 atom stereocenters. The van der Waals surface area contributed by atoms with Crippen LogP contribution in [0.1, 0.15) is 29.7 Å². The van der Waals surface area contributed by atoms with Crippen LogP contribution in [-0.2, 0) is 4.79 Å². The summed E-state index contributed by atoms with van der Waals surface area (Å²) in [4.78, 5) is 12.0. The van der Waals surface area contributed by atoms with E-state index in [-0.39, 0.29) is 29.3 Å². The number of amides is 1. The third-order valence-corrected chi connectivity index (χ3v) is 3.96. The predicted octanol–water partition coefficient (Wildman–Crippen LogP) is 4.35. The van der Waals surface area contributed by atoms with Crippen LogP contribution in [0.25, 0.3) is 0 Å². The fourth-order valence-electron chi connectivity index (χ4n) is 2.14. The molecule has 0 bridgehead atoms. The van der Waals surface area contributed by atoms with E-state index in [9.17, 15) is 9.18 Å². The molecule has 2 rings (SSSR count). The lowest BCUT2D eigenvalue weighted by atomic mass is 10.0. The van der Waals surface area contributed by atoms with Gasteiger partial charge in [-0.2, -0.15) is 0 Å². The number of carbonyl (C=O) groups excluding carboxylic acids is 1. The number of aryl methyl sites for hydroxylation is 2. The highest BCUT2D eigenvalue weighted by Crippen LogP contribution is 2.24. The van der Waals surface area contributed by atoms with Gasteiger partial charge in [-0.25, -0.2) is 4.39 Å². The summed E-state index contributed by atoms with van der Waals surface area (Å²) in [5.41, 5.74) is 3.42. The first kappa shape index (κ1) is 17.3. The number of benzene rings is 2. The molecule has 5 heteroatoms. The van der Waals surface area contributed by atoms with E-state index in [2.05, 4.69) is 11.4 Å². The maximum absolute atomic E-state index is 12.9. The monoisotopic (exact) mass is 335 g/mol. The minimum atomic E-state index is -0.449. The molecule has 2 aromatic rings. The zero-order valence-corrected chi connectivity index (χ0v) is 14.1. The van der Waals surface area contributed by atoms with Crippen LogP contribution in [0, 0.1) is 19.7 Å². The maximum atomic E-state index is 12.9. The lowest BCUT2D eigenvalue weighted by molar-refractivity contribution is -0.123. The third-order valence-electron chi connectivity index (χ3n) is 3.66. The van der Waals surface area contributed by atoms with Gasteiger partial charge < -0.3 is 10.1 Å². The van der Waals surface area contributed by atoms with Crippen LogP contribution in [-0.4, -0.2) is 12.5 Å². The summed E-state index contributed by atoms with van der Waals surface area (Å²) in [5, 5.41) is 3.00. The van der Waals surface area contributed by atoms with Crippen LogP contribution in [0.5, 0.6) is 5.75 Å². The van der Waals surface area contributed by atoms with Crippen LogP contribution < -0.4 is 10.1 Å². The smallest absolute Gasteiger partial charge is 0.258 e. The minimum absolute atomic E-state index is 0.130. The van der Waals surface area contributed by atoms with Gasteiger partial charge in [0, 0.05) is 0 Å². The highest BCUT2D eigenvalue weighted by atomic mass is 35.5. The van der Waals surface area contributed by atoms with E-state index in [0.717, 1.165) is 11.6 Å². The van der Waals surface area contributed by atoms with Crippen molar-refractivity contribution in [2.24, 2.45) is 0 Å². The Bertz CT molecular complexity index is 718. The van der Waals surface area contributed by atoms with E-state index in [4.69, 9.17) is 16.3 Å². The molecule has 3 nitrogen and oxygen atoms in total. The van der Waals surface area contributed by atoms with Crippen molar-refractivity contribution in [3.05, 3.63) is 63.9 Å². The molecule has 0 radical (unpaired) electrons. The van der Waals surface area contributed by atoms with Gasteiger partial charge in [-0.1, -0.05) is 29.8 Å². The second kappa shape index (κ2) is 7.47. The first-order valence-corrected chi connectivity index (χ1v) is 7.69. The number of halogens is 2. The maximum Gasteiger partial charge on any atom is 0.258 e. The Hall–Kier alpha value is -2.07. The van der Waals surface area contributed by atoms with Gasteiger partial charge in [-0.3, -0.25) is 4.79 Å². The van der Waals surface area contributed by atoms with Crippen molar-refractivity contribution in [1.29, 1.82) is 0 Å². The highest BCUT2D eigenvalue weighted by Gasteiger charge is 2.12. The average Bonchev–Trinajstić information content (AvgIpc) is 2.49. The van der Waals surface area contributed by atoms with Gasteiger partial charge in [0.2, 0.25) is 0 Å². The van der Waals surface area contributed by atoms with E-state index >= 15 is 0 Å². The van der Waals surface area contributed by atoms with E-state index < -0.39 is 5.82 Å². The Morgan fingerprint density at radius 2 is 1.96 bits per heavy atom. The van der Waals surface area contributed by atoms with Gasteiger partial charge in [0.15, 0.2) is 6.61 Å². The lowest BCUT2D eigenvalue weighted by Gasteiger charge is -2.16. The van der Waals surface area contributed by atoms with Gasteiger partial charge in [0.05, 0.1) is 11.1 Å². The second-order valence-electron chi connectivity index (χ2n) is 5.50. The molecule has 0 aliphatic carbocycles. The van der Waals surface area contributed by atoms with Gasteiger partial charge in [0.1, 0.15) is 11.6 Å². The van der Waals surface area contributed by atoms with Crippen molar-refractivity contribution in [3.8, 4) is 5.75 Å². The van der Waals surface area contributed by atoms with E-state index in [1.165, 1.54) is 23.3 Å². The van der Waals surface area contributed by atoms with Crippen molar-refractivity contribution in [2.45, 2.75) is 26.8 Å². The molecule has 1 N–H and O–H groups in total. The summed E-state index contributed by atoms with van der Waals surface area (Å²) >= 11 is 5.85. The van der Waals surface area contributed by atoms with Crippen LogP contribution in [0.15, 0.2) is 36.4 Å².